The van der Waals surface area contributed by atoms with Crippen LogP contribution in [-0.2, 0) is 12.8 Å². The molecule has 0 unspecified atom stereocenters. The van der Waals surface area contributed by atoms with E-state index in [1.807, 2.05) is 23.2 Å². The Balaban J connectivity index is 0.948. The maximum absolute atomic E-state index is 4.92. The number of nitrogens with one attached hydrogen (secondary N) is 2. The number of rotatable bonds is 7. The van der Waals surface area contributed by atoms with Crippen LogP contribution < -0.4 is 20.7 Å². The lowest BCUT2D eigenvalue weighted by Crippen LogP contribution is -2.46. The van der Waals surface area contributed by atoms with Gasteiger partial charge in [0.2, 0.25) is 22.2 Å². The first-order valence-corrected chi connectivity index (χ1v) is 17.6. The van der Waals surface area contributed by atoms with Crippen molar-refractivity contribution in [1.82, 2.24) is 59.5 Å². The monoisotopic (exact) mass is 662 g/mol. The molecular weight excluding hydrogens is 625 g/mol. The van der Waals surface area contributed by atoms with Crippen LogP contribution >= 0.6 is 23.5 Å². The molecule has 0 bridgehead atoms. The van der Waals surface area contributed by atoms with Gasteiger partial charge in [-0.3, -0.25) is 10.9 Å². The Morgan fingerprint density at radius 1 is 0.565 bits per heavy atom. The van der Waals surface area contributed by atoms with Gasteiger partial charge in [0.05, 0.1) is 11.4 Å². The highest BCUT2D eigenvalue weighted by Gasteiger charge is 2.29. The second-order valence-electron chi connectivity index (χ2n) is 11.8. The normalized spacial score (nSPS) is 18.0. The van der Waals surface area contributed by atoms with Crippen LogP contribution in [-0.4, -0.2) is 125 Å². The van der Waals surface area contributed by atoms with Crippen molar-refractivity contribution in [2.45, 2.75) is 60.9 Å². The quantitative estimate of drug-likeness (QED) is 0.239. The molecule has 4 aliphatic rings. The van der Waals surface area contributed by atoms with E-state index in [4.69, 9.17) is 19.9 Å². The third-order valence-corrected chi connectivity index (χ3v) is 11.0. The van der Waals surface area contributed by atoms with Crippen molar-refractivity contribution in [3.63, 3.8) is 0 Å². The van der Waals surface area contributed by atoms with Gasteiger partial charge in [0.25, 0.3) is 0 Å². The molecule has 4 aliphatic heterocycles. The smallest absolute Gasteiger partial charge is 0.226 e. The first-order chi connectivity index (χ1) is 22.5. The molecule has 2 fully saturated rings. The molecule has 4 aromatic heterocycles. The number of piperazine rings is 2. The number of aromatic nitrogens is 10. The molecule has 8 heterocycles. The largest absolute Gasteiger partial charge is 0.338 e. The van der Waals surface area contributed by atoms with E-state index < -0.39 is 0 Å². The average molecular weight is 663 g/mol. The lowest BCUT2D eigenvalue weighted by Gasteiger charge is -2.34. The van der Waals surface area contributed by atoms with E-state index in [0.717, 1.165) is 132 Å². The number of fused-ring (bicyclic) bond motifs is 4. The Labute approximate surface area is 275 Å². The average Bonchev–Trinajstić information content (AvgIpc) is 3.68. The molecule has 0 aliphatic carbocycles. The summed E-state index contributed by atoms with van der Waals surface area (Å²) < 4.78 is 3.88. The molecule has 0 aromatic carbocycles. The summed E-state index contributed by atoms with van der Waals surface area (Å²) in [6.07, 6.45) is 1.23. The van der Waals surface area contributed by atoms with Gasteiger partial charge in [-0.1, -0.05) is 13.8 Å². The van der Waals surface area contributed by atoms with E-state index in [0.29, 0.717) is 12.8 Å². The topological polar surface area (TPSA) is 150 Å². The first kappa shape index (κ1) is 29.6. The molecule has 46 heavy (non-hydrogen) atoms. The summed E-state index contributed by atoms with van der Waals surface area (Å²) in [6, 6.07) is 0. The summed E-state index contributed by atoms with van der Waals surface area (Å²) in [5, 5.41) is 21.3. The first-order valence-electron chi connectivity index (χ1n) is 16.0. The maximum Gasteiger partial charge on any atom is 0.226 e. The van der Waals surface area contributed by atoms with Crippen molar-refractivity contribution in [3.8, 4) is 0 Å². The fraction of sp³-hybridized carbons (Fsp3) is 0.571. The fourth-order valence-electron chi connectivity index (χ4n) is 6.18. The van der Waals surface area contributed by atoms with Crippen molar-refractivity contribution >= 4 is 46.8 Å². The van der Waals surface area contributed by atoms with E-state index in [9.17, 15) is 0 Å². The number of likely N-dealkylation sites (N-methyl/N-ethyl adjacent to an activating group) is 2. The van der Waals surface area contributed by atoms with Gasteiger partial charge in [0, 0.05) is 65.2 Å². The number of hydrogen-bond acceptors (Lipinski definition) is 16. The third kappa shape index (κ3) is 5.39. The minimum atomic E-state index is 0.616. The highest BCUT2D eigenvalue weighted by molar-refractivity contribution is 7.99. The summed E-state index contributed by atoms with van der Waals surface area (Å²) in [5.41, 5.74) is 10.6. The highest BCUT2D eigenvalue weighted by Crippen LogP contribution is 2.40. The predicted octanol–water partition coefficient (Wildman–Crippen LogP) is 1.82. The maximum atomic E-state index is 4.92. The molecule has 2 N–H and O–H groups in total. The Bertz CT molecular complexity index is 1630. The standard InChI is InChI=1S/C28H38N16S2/c1-5-39-9-13-41(14-10-39)25-29-17(3)21-23(31-25)45-27-35-33-19(43(27)37-21)7-8-20-34-36-28-44(20)38-22-18(4)30-26(32-24(22)46-28)42-15-11-40(6-2)12-16-42/h37-38H,5-16H2,1-4H3. The molecule has 2 saturated heterocycles. The van der Waals surface area contributed by atoms with Gasteiger partial charge in [-0.15, -0.1) is 20.4 Å². The van der Waals surface area contributed by atoms with Crippen LogP contribution in [0.1, 0.15) is 36.9 Å². The van der Waals surface area contributed by atoms with Gasteiger partial charge < -0.3 is 19.6 Å². The van der Waals surface area contributed by atoms with Crippen molar-refractivity contribution in [1.29, 1.82) is 0 Å². The van der Waals surface area contributed by atoms with Crippen LogP contribution in [0.3, 0.4) is 0 Å². The molecule has 8 rings (SSSR count). The van der Waals surface area contributed by atoms with Crippen LogP contribution in [0.25, 0.3) is 0 Å². The second-order valence-corrected chi connectivity index (χ2v) is 13.7. The molecule has 0 saturated carbocycles. The van der Waals surface area contributed by atoms with E-state index >= 15 is 0 Å². The van der Waals surface area contributed by atoms with Gasteiger partial charge in [-0.2, -0.15) is 0 Å². The zero-order valence-corrected chi connectivity index (χ0v) is 28.2. The van der Waals surface area contributed by atoms with Gasteiger partial charge in [0.1, 0.15) is 21.4 Å². The van der Waals surface area contributed by atoms with E-state index in [1.54, 1.807) is 0 Å². The van der Waals surface area contributed by atoms with Crippen LogP contribution in [0, 0.1) is 13.8 Å². The van der Waals surface area contributed by atoms with E-state index in [2.05, 4.69) is 64.7 Å². The minimum absolute atomic E-state index is 0.616. The molecule has 0 atom stereocenters. The number of anilines is 4. The lowest BCUT2D eigenvalue weighted by atomic mass is 10.3. The van der Waals surface area contributed by atoms with Crippen molar-refractivity contribution in [3.05, 3.63) is 23.0 Å². The molecule has 4 aromatic rings. The summed E-state index contributed by atoms with van der Waals surface area (Å²) in [5.74, 6) is 3.18. The molecule has 0 amide bonds. The van der Waals surface area contributed by atoms with Crippen LogP contribution in [0.2, 0.25) is 0 Å². The Hall–Kier alpha value is -3.74. The Morgan fingerprint density at radius 3 is 1.37 bits per heavy atom. The molecule has 18 heteroatoms. The highest BCUT2D eigenvalue weighted by atomic mass is 32.2. The van der Waals surface area contributed by atoms with Crippen molar-refractivity contribution in [2.24, 2.45) is 0 Å². The van der Waals surface area contributed by atoms with E-state index in [1.165, 1.54) is 23.5 Å². The number of aryl methyl sites for hydroxylation is 4. The van der Waals surface area contributed by atoms with E-state index in [-0.39, 0.29) is 0 Å². The van der Waals surface area contributed by atoms with Crippen LogP contribution in [0.4, 0.5) is 23.3 Å². The summed E-state index contributed by atoms with van der Waals surface area (Å²) in [6.45, 7) is 18.5. The van der Waals surface area contributed by atoms with Crippen molar-refractivity contribution in [2.75, 3.05) is 86.1 Å². The van der Waals surface area contributed by atoms with Gasteiger partial charge >= 0.3 is 0 Å². The van der Waals surface area contributed by atoms with Gasteiger partial charge in [0.15, 0.2) is 11.6 Å². The summed E-state index contributed by atoms with van der Waals surface area (Å²) >= 11 is 3.05. The third-order valence-electron chi connectivity index (χ3n) is 9.09. The molecule has 242 valence electrons. The van der Waals surface area contributed by atoms with Crippen LogP contribution in [0.5, 0.6) is 0 Å². The van der Waals surface area contributed by atoms with Crippen molar-refractivity contribution < 1.29 is 0 Å². The molecular formula is C28H38N16S2. The predicted molar refractivity (Wildman–Crippen MR) is 176 cm³/mol. The summed E-state index contributed by atoms with van der Waals surface area (Å²) in [7, 11) is 0. The van der Waals surface area contributed by atoms with Crippen LogP contribution in [0.15, 0.2) is 20.4 Å². The molecule has 16 nitrogen and oxygen atoms in total. The minimum Gasteiger partial charge on any atom is -0.338 e. The number of nitrogens with zero attached hydrogens (tertiary/aromatic N) is 14. The zero-order chi connectivity index (χ0) is 31.4. The SMILES string of the molecule is CCN1CCN(c2nc(C)c3c(n2)Sc2nnc(CCc4nnc5n4Nc4c(C)nc(N6CCN(CC)CC6)nc4S5)n2N3)CC1. The number of hydrogen-bond donors (Lipinski definition) is 2. The molecule has 0 radical (unpaired) electrons. The van der Waals surface area contributed by atoms with Gasteiger partial charge in [-0.25, -0.2) is 29.3 Å². The Kier molecular flexibility index (Phi) is 7.82. The Morgan fingerprint density at radius 2 is 0.978 bits per heavy atom. The zero-order valence-electron chi connectivity index (χ0n) is 26.6. The fourth-order valence-corrected chi connectivity index (χ4v) is 8.02. The second kappa shape index (κ2) is 12.1. The molecule has 0 spiro atoms. The van der Waals surface area contributed by atoms with Gasteiger partial charge in [-0.05, 0) is 50.5 Å². The summed E-state index contributed by atoms with van der Waals surface area (Å²) in [4.78, 5) is 29.0. The lowest BCUT2D eigenvalue weighted by molar-refractivity contribution is 0.269.